The molecule has 1 atom stereocenters. The smallest absolute Gasteiger partial charge is 0.416 e. The van der Waals surface area contributed by atoms with Gasteiger partial charge in [0.1, 0.15) is 11.0 Å². The molecule has 0 unspecified atom stereocenters. The molecule has 114 valence electrons. The average molecular weight is 318 g/mol. The first-order chi connectivity index (χ1) is 9.91. The number of benzene rings is 1. The van der Waals surface area contributed by atoms with Crippen LogP contribution >= 0.6 is 11.8 Å². The second kappa shape index (κ2) is 6.44. The fraction of sp³-hybridized carbons (Fsp3) is 0.286. The number of rotatable bonds is 4. The minimum Gasteiger partial charge on any atom is -0.480 e. The molecule has 7 heteroatoms. The van der Waals surface area contributed by atoms with E-state index in [1.807, 2.05) is 0 Å². The topological polar surface area (TPSA) is 38.7 Å². The number of aliphatic hydroxyl groups excluding tert-OH is 1. The van der Waals surface area contributed by atoms with E-state index in [-0.39, 0.29) is 12.6 Å². The number of ether oxygens (including phenoxy) is 2. The van der Waals surface area contributed by atoms with Gasteiger partial charge in [-0.2, -0.15) is 13.2 Å². The summed E-state index contributed by atoms with van der Waals surface area (Å²) in [4.78, 5) is 0.476. The third-order valence-electron chi connectivity index (χ3n) is 2.79. The van der Waals surface area contributed by atoms with Crippen LogP contribution in [0.15, 0.2) is 46.6 Å². The summed E-state index contributed by atoms with van der Waals surface area (Å²) in [7, 11) is 1.32. The van der Waals surface area contributed by atoms with Gasteiger partial charge in [-0.05, 0) is 29.2 Å². The fourth-order valence-electron chi connectivity index (χ4n) is 1.77. The molecule has 0 saturated heterocycles. The van der Waals surface area contributed by atoms with E-state index in [0.717, 1.165) is 12.1 Å². The molecular formula is C14H13F3O3S. The standard InChI is InChI=1S/C14H13F3O3S/c1-19-13(18)12-11(5-6-21-12)20-8-9-3-2-4-10(7-9)14(15,16)17/h2-7,11,18H,8H2,1H3/b13-12+/t11-/m0/s1. The predicted molar refractivity (Wildman–Crippen MR) is 73.4 cm³/mol. The molecule has 2 rings (SSSR count). The summed E-state index contributed by atoms with van der Waals surface area (Å²) in [6, 6.07) is 4.95. The van der Waals surface area contributed by atoms with Crippen LogP contribution in [0.4, 0.5) is 13.2 Å². The Morgan fingerprint density at radius 1 is 1.38 bits per heavy atom. The number of methoxy groups -OCH3 is 1. The van der Waals surface area contributed by atoms with Gasteiger partial charge in [-0.25, -0.2) is 0 Å². The Labute approximate surface area is 124 Å². The van der Waals surface area contributed by atoms with E-state index < -0.39 is 17.8 Å². The summed E-state index contributed by atoms with van der Waals surface area (Å²) in [5.41, 5.74) is -0.304. The van der Waals surface area contributed by atoms with E-state index in [1.165, 1.54) is 24.9 Å². The highest BCUT2D eigenvalue weighted by Crippen LogP contribution is 2.34. The van der Waals surface area contributed by atoms with Crippen LogP contribution in [-0.2, 0) is 22.3 Å². The highest BCUT2D eigenvalue weighted by atomic mass is 32.2. The molecular weight excluding hydrogens is 305 g/mol. The maximum atomic E-state index is 12.6. The second-order valence-electron chi connectivity index (χ2n) is 4.25. The van der Waals surface area contributed by atoms with Crippen molar-refractivity contribution in [3.05, 3.63) is 57.7 Å². The van der Waals surface area contributed by atoms with Gasteiger partial charge in [-0.15, -0.1) is 0 Å². The van der Waals surface area contributed by atoms with E-state index in [1.54, 1.807) is 17.6 Å². The molecule has 1 aromatic carbocycles. The van der Waals surface area contributed by atoms with Crippen molar-refractivity contribution in [2.75, 3.05) is 7.11 Å². The van der Waals surface area contributed by atoms with Crippen molar-refractivity contribution in [1.82, 2.24) is 0 Å². The lowest BCUT2D eigenvalue weighted by atomic mass is 10.1. The van der Waals surface area contributed by atoms with Gasteiger partial charge in [0, 0.05) is 0 Å². The lowest BCUT2D eigenvalue weighted by Gasteiger charge is -2.14. The monoisotopic (exact) mass is 318 g/mol. The van der Waals surface area contributed by atoms with Crippen LogP contribution in [0.2, 0.25) is 0 Å². The minimum atomic E-state index is -4.38. The highest BCUT2D eigenvalue weighted by Gasteiger charge is 2.30. The van der Waals surface area contributed by atoms with Crippen molar-refractivity contribution in [2.24, 2.45) is 0 Å². The average Bonchev–Trinajstić information content (AvgIpc) is 2.92. The molecule has 0 spiro atoms. The molecule has 1 N–H and O–H groups in total. The summed E-state index contributed by atoms with van der Waals surface area (Å²) in [5.74, 6) is -0.251. The molecule has 0 fully saturated rings. The van der Waals surface area contributed by atoms with Crippen LogP contribution < -0.4 is 0 Å². The first-order valence-electron chi connectivity index (χ1n) is 6.00. The predicted octanol–water partition coefficient (Wildman–Crippen LogP) is 4.22. The van der Waals surface area contributed by atoms with Crippen LogP contribution in [0.1, 0.15) is 11.1 Å². The molecule has 0 aliphatic carbocycles. The Balaban J connectivity index is 2.05. The number of thioether (sulfide) groups is 1. The van der Waals surface area contributed by atoms with Gasteiger partial charge in [0.25, 0.3) is 5.95 Å². The van der Waals surface area contributed by atoms with Gasteiger partial charge in [0.2, 0.25) is 0 Å². The zero-order chi connectivity index (χ0) is 15.5. The summed E-state index contributed by atoms with van der Waals surface area (Å²) in [6.45, 7) is -0.0000189. The van der Waals surface area contributed by atoms with Crippen molar-refractivity contribution < 1.29 is 27.8 Å². The number of halogens is 3. The van der Waals surface area contributed by atoms with E-state index in [4.69, 9.17) is 9.47 Å². The first-order valence-corrected chi connectivity index (χ1v) is 6.88. The van der Waals surface area contributed by atoms with Gasteiger partial charge in [0.15, 0.2) is 0 Å². The molecule has 0 amide bonds. The maximum absolute atomic E-state index is 12.6. The third kappa shape index (κ3) is 3.95. The number of hydrogen-bond acceptors (Lipinski definition) is 4. The fourth-order valence-corrected chi connectivity index (χ4v) is 2.60. The van der Waals surface area contributed by atoms with E-state index >= 15 is 0 Å². The SMILES string of the molecule is CO/C(O)=C1/SC=C[C@@H]1OCc1cccc(C(F)(F)F)c1. The molecule has 1 aromatic rings. The van der Waals surface area contributed by atoms with Crippen molar-refractivity contribution in [3.63, 3.8) is 0 Å². The van der Waals surface area contributed by atoms with Crippen LogP contribution in [0.5, 0.6) is 0 Å². The van der Waals surface area contributed by atoms with Gasteiger partial charge in [0.05, 0.1) is 19.3 Å². The lowest BCUT2D eigenvalue weighted by molar-refractivity contribution is -0.137. The molecule has 1 aliphatic rings. The third-order valence-corrected chi connectivity index (χ3v) is 3.75. The Bertz CT molecular complexity index is 567. The second-order valence-corrected chi connectivity index (χ2v) is 5.20. The van der Waals surface area contributed by atoms with E-state index in [0.29, 0.717) is 10.5 Å². The lowest BCUT2D eigenvalue weighted by Crippen LogP contribution is -2.12. The quantitative estimate of drug-likeness (QED) is 0.844. The van der Waals surface area contributed by atoms with Gasteiger partial charge in [-0.3, -0.25) is 0 Å². The summed E-state index contributed by atoms with van der Waals surface area (Å²) in [6.07, 6.45) is -3.20. The summed E-state index contributed by atoms with van der Waals surface area (Å²) < 4.78 is 48.1. The van der Waals surface area contributed by atoms with Crippen LogP contribution in [0, 0.1) is 0 Å². The van der Waals surface area contributed by atoms with E-state index in [2.05, 4.69) is 0 Å². The molecule has 0 radical (unpaired) electrons. The van der Waals surface area contributed by atoms with Crippen molar-refractivity contribution >= 4 is 11.8 Å². The number of hydrogen-bond donors (Lipinski definition) is 1. The van der Waals surface area contributed by atoms with Crippen molar-refractivity contribution in [1.29, 1.82) is 0 Å². The first kappa shape index (κ1) is 15.8. The summed E-state index contributed by atoms with van der Waals surface area (Å²) >= 11 is 1.24. The van der Waals surface area contributed by atoms with Crippen LogP contribution in [0.3, 0.4) is 0 Å². The highest BCUT2D eigenvalue weighted by molar-refractivity contribution is 8.06. The molecule has 3 nitrogen and oxygen atoms in total. The minimum absolute atomic E-state index is 0.0000189. The molecule has 0 bridgehead atoms. The number of alkyl halides is 3. The zero-order valence-electron chi connectivity index (χ0n) is 11.1. The molecule has 21 heavy (non-hydrogen) atoms. The van der Waals surface area contributed by atoms with Crippen molar-refractivity contribution in [2.45, 2.75) is 18.9 Å². The van der Waals surface area contributed by atoms with E-state index in [9.17, 15) is 18.3 Å². The Morgan fingerprint density at radius 2 is 2.14 bits per heavy atom. The van der Waals surface area contributed by atoms with Crippen LogP contribution in [-0.4, -0.2) is 18.3 Å². The molecule has 1 heterocycles. The van der Waals surface area contributed by atoms with Crippen molar-refractivity contribution in [3.8, 4) is 0 Å². The maximum Gasteiger partial charge on any atom is 0.416 e. The number of aliphatic hydroxyl groups is 1. The van der Waals surface area contributed by atoms with Gasteiger partial charge >= 0.3 is 6.18 Å². The Hall–Kier alpha value is -1.60. The van der Waals surface area contributed by atoms with Crippen LogP contribution in [0.25, 0.3) is 0 Å². The molecule has 0 saturated carbocycles. The Kier molecular flexibility index (Phi) is 4.84. The molecule has 0 aromatic heterocycles. The van der Waals surface area contributed by atoms with Gasteiger partial charge < -0.3 is 14.6 Å². The summed E-state index contributed by atoms with van der Waals surface area (Å²) in [5, 5.41) is 11.3. The Morgan fingerprint density at radius 3 is 2.81 bits per heavy atom. The zero-order valence-corrected chi connectivity index (χ0v) is 11.9. The molecule has 1 aliphatic heterocycles. The largest absolute Gasteiger partial charge is 0.480 e. The normalized spacial score (nSPS) is 20.7. The van der Waals surface area contributed by atoms with Gasteiger partial charge in [-0.1, -0.05) is 23.9 Å².